The van der Waals surface area contributed by atoms with E-state index in [9.17, 15) is 9.59 Å². The van der Waals surface area contributed by atoms with Crippen molar-refractivity contribution in [3.63, 3.8) is 0 Å². The molecule has 0 aromatic carbocycles. The molecule has 8 heteroatoms. The van der Waals surface area contributed by atoms with Crippen molar-refractivity contribution in [1.29, 1.82) is 0 Å². The van der Waals surface area contributed by atoms with Gasteiger partial charge >= 0.3 is 5.97 Å². The van der Waals surface area contributed by atoms with E-state index >= 15 is 0 Å². The molecule has 0 aliphatic rings. The molecule has 0 atom stereocenters. The Kier molecular flexibility index (Phi) is 5.29. The zero-order valence-corrected chi connectivity index (χ0v) is 12.8. The number of hydrogen-bond donors (Lipinski definition) is 2. The Morgan fingerprint density at radius 3 is 2.95 bits per heavy atom. The maximum Gasteiger partial charge on any atom is 0.355 e. The molecule has 0 radical (unpaired) electrons. The third kappa shape index (κ3) is 4.02. The quantitative estimate of drug-likeness (QED) is 0.789. The molecule has 110 valence electrons. The van der Waals surface area contributed by atoms with Crippen LogP contribution in [0.2, 0.25) is 0 Å². The van der Waals surface area contributed by atoms with Crippen LogP contribution in [0.4, 0.5) is 0 Å². The van der Waals surface area contributed by atoms with Crippen LogP contribution in [-0.2, 0) is 6.42 Å². The van der Waals surface area contributed by atoms with Crippen molar-refractivity contribution in [1.82, 2.24) is 15.3 Å². The number of aromatic nitrogens is 2. The zero-order valence-electron chi connectivity index (χ0n) is 11.2. The molecular formula is C13H13N3O3S2. The first-order valence-corrected chi connectivity index (χ1v) is 8.17. The fourth-order valence-corrected chi connectivity index (χ4v) is 2.95. The standard InChI is InChI=1S/C13H13N3O3S2/c1-20-12-8(3-2-5-15-12)11(17)14-6-4-10-16-9(7-21-10)13(18)19/h2-3,5,7H,4,6H2,1H3,(H,14,17)(H,18,19). The van der Waals surface area contributed by atoms with Gasteiger partial charge in [-0.15, -0.1) is 23.1 Å². The third-order valence-electron chi connectivity index (χ3n) is 2.60. The van der Waals surface area contributed by atoms with Gasteiger partial charge in [0, 0.05) is 24.5 Å². The molecule has 6 nitrogen and oxygen atoms in total. The largest absolute Gasteiger partial charge is 0.476 e. The molecule has 0 saturated heterocycles. The monoisotopic (exact) mass is 323 g/mol. The third-order valence-corrected chi connectivity index (χ3v) is 4.23. The van der Waals surface area contributed by atoms with E-state index in [0.717, 1.165) is 0 Å². The Morgan fingerprint density at radius 2 is 2.29 bits per heavy atom. The number of thiazole rings is 1. The average Bonchev–Trinajstić information content (AvgIpc) is 2.96. The molecule has 2 heterocycles. The highest BCUT2D eigenvalue weighted by Crippen LogP contribution is 2.16. The van der Waals surface area contributed by atoms with E-state index in [1.54, 1.807) is 18.3 Å². The van der Waals surface area contributed by atoms with Crippen molar-refractivity contribution >= 4 is 35.0 Å². The summed E-state index contributed by atoms with van der Waals surface area (Å²) in [6.45, 7) is 0.397. The van der Waals surface area contributed by atoms with Crippen molar-refractivity contribution in [2.24, 2.45) is 0 Å². The number of rotatable bonds is 6. The summed E-state index contributed by atoms with van der Waals surface area (Å²) in [5, 5.41) is 14.4. The van der Waals surface area contributed by atoms with Crippen LogP contribution in [0, 0.1) is 0 Å². The lowest BCUT2D eigenvalue weighted by Gasteiger charge is -2.06. The summed E-state index contributed by atoms with van der Waals surface area (Å²) < 4.78 is 0. The van der Waals surface area contributed by atoms with Crippen LogP contribution in [0.15, 0.2) is 28.7 Å². The predicted octanol–water partition coefficient (Wildman–Crippen LogP) is 1.93. The number of aromatic carboxylic acids is 1. The Balaban J connectivity index is 1.90. The highest BCUT2D eigenvalue weighted by molar-refractivity contribution is 7.98. The van der Waals surface area contributed by atoms with Crippen LogP contribution in [0.1, 0.15) is 25.9 Å². The van der Waals surface area contributed by atoms with Gasteiger partial charge in [-0.1, -0.05) is 0 Å². The molecule has 2 rings (SSSR count). The molecule has 1 amide bonds. The van der Waals surface area contributed by atoms with Crippen LogP contribution in [0.5, 0.6) is 0 Å². The first-order chi connectivity index (χ1) is 10.1. The molecule has 0 spiro atoms. The van der Waals surface area contributed by atoms with E-state index in [0.29, 0.717) is 28.6 Å². The normalized spacial score (nSPS) is 10.3. The van der Waals surface area contributed by atoms with Crippen LogP contribution in [0.25, 0.3) is 0 Å². The minimum atomic E-state index is -1.04. The first-order valence-electron chi connectivity index (χ1n) is 6.06. The Labute approximate surface area is 129 Å². The lowest BCUT2D eigenvalue weighted by molar-refractivity contribution is 0.0690. The molecule has 0 aliphatic heterocycles. The number of carbonyl (C=O) groups excluding carboxylic acids is 1. The number of carboxylic acids is 1. The van der Waals surface area contributed by atoms with Crippen molar-refractivity contribution in [2.75, 3.05) is 12.8 Å². The second-order valence-corrected chi connectivity index (χ2v) is 5.74. The van der Waals surface area contributed by atoms with Crippen LogP contribution < -0.4 is 5.32 Å². The second kappa shape index (κ2) is 7.19. The summed E-state index contributed by atoms with van der Waals surface area (Å²) in [4.78, 5) is 30.9. The number of thioether (sulfide) groups is 1. The van der Waals surface area contributed by atoms with Crippen LogP contribution in [-0.4, -0.2) is 39.8 Å². The highest BCUT2D eigenvalue weighted by atomic mass is 32.2. The van der Waals surface area contributed by atoms with Crippen LogP contribution >= 0.6 is 23.1 Å². The van der Waals surface area contributed by atoms with Crippen molar-refractivity contribution in [3.05, 3.63) is 40.0 Å². The van der Waals surface area contributed by atoms with E-state index < -0.39 is 5.97 Å². The summed E-state index contributed by atoms with van der Waals surface area (Å²) in [6.07, 6.45) is 4.01. The Bertz CT molecular complexity index is 658. The molecule has 0 fully saturated rings. The van der Waals surface area contributed by atoms with Crippen molar-refractivity contribution in [2.45, 2.75) is 11.4 Å². The zero-order chi connectivity index (χ0) is 15.2. The van der Waals surface area contributed by atoms with E-state index in [1.807, 2.05) is 6.26 Å². The van der Waals surface area contributed by atoms with Crippen molar-refractivity contribution in [3.8, 4) is 0 Å². The van der Waals surface area contributed by atoms with Gasteiger partial charge in [0.2, 0.25) is 0 Å². The predicted molar refractivity (Wildman–Crippen MR) is 81.1 cm³/mol. The van der Waals surface area contributed by atoms with Gasteiger partial charge in [0.1, 0.15) is 5.03 Å². The summed E-state index contributed by atoms with van der Waals surface area (Å²) >= 11 is 2.69. The lowest BCUT2D eigenvalue weighted by Crippen LogP contribution is -2.26. The van der Waals surface area contributed by atoms with Crippen molar-refractivity contribution < 1.29 is 14.7 Å². The second-order valence-electron chi connectivity index (χ2n) is 4.00. The summed E-state index contributed by atoms with van der Waals surface area (Å²) in [5.74, 6) is -1.23. The number of amides is 1. The number of pyridine rings is 1. The molecule has 0 unspecified atom stereocenters. The fourth-order valence-electron chi connectivity index (χ4n) is 1.63. The van der Waals surface area contributed by atoms with Gasteiger partial charge in [0.25, 0.3) is 5.91 Å². The minimum absolute atomic E-state index is 0.0401. The Hall–Kier alpha value is -1.93. The maximum absolute atomic E-state index is 12.1. The fraction of sp³-hybridized carbons (Fsp3) is 0.231. The van der Waals surface area contributed by atoms with Gasteiger partial charge in [0.05, 0.1) is 10.6 Å². The summed E-state index contributed by atoms with van der Waals surface area (Å²) in [6, 6.07) is 3.44. The van der Waals surface area contributed by atoms with E-state index in [-0.39, 0.29) is 11.6 Å². The van der Waals surface area contributed by atoms with Gasteiger partial charge < -0.3 is 10.4 Å². The molecule has 2 N–H and O–H groups in total. The topological polar surface area (TPSA) is 92.2 Å². The summed E-state index contributed by atoms with van der Waals surface area (Å²) in [7, 11) is 0. The maximum atomic E-state index is 12.1. The molecule has 21 heavy (non-hydrogen) atoms. The van der Waals surface area contributed by atoms with Gasteiger partial charge in [-0.3, -0.25) is 4.79 Å². The van der Waals surface area contributed by atoms with Gasteiger partial charge in [-0.25, -0.2) is 14.8 Å². The Morgan fingerprint density at radius 1 is 1.48 bits per heavy atom. The first kappa shape index (κ1) is 15.5. The van der Waals surface area contributed by atoms with Gasteiger partial charge in [0.15, 0.2) is 5.69 Å². The average molecular weight is 323 g/mol. The van der Waals surface area contributed by atoms with Crippen LogP contribution in [0.3, 0.4) is 0 Å². The van der Waals surface area contributed by atoms with E-state index in [4.69, 9.17) is 5.11 Å². The molecule has 2 aromatic rings. The number of carbonyl (C=O) groups is 2. The molecule has 0 aliphatic carbocycles. The number of nitrogens with one attached hydrogen (secondary N) is 1. The molecule has 0 bridgehead atoms. The molecule has 2 aromatic heterocycles. The van der Waals surface area contributed by atoms with E-state index in [2.05, 4.69) is 15.3 Å². The van der Waals surface area contributed by atoms with E-state index in [1.165, 1.54) is 28.5 Å². The SMILES string of the molecule is CSc1ncccc1C(=O)NCCc1nc(C(=O)O)cs1. The molecule has 0 saturated carbocycles. The molecular weight excluding hydrogens is 310 g/mol. The number of hydrogen-bond acceptors (Lipinski definition) is 6. The minimum Gasteiger partial charge on any atom is -0.476 e. The summed E-state index contributed by atoms with van der Waals surface area (Å²) in [5.41, 5.74) is 0.577. The smallest absolute Gasteiger partial charge is 0.355 e. The van der Waals surface area contributed by atoms with Gasteiger partial charge in [-0.2, -0.15) is 0 Å². The number of nitrogens with zero attached hydrogens (tertiary/aromatic N) is 2. The number of carboxylic acid groups (broad SMARTS) is 1. The highest BCUT2D eigenvalue weighted by Gasteiger charge is 2.12. The van der Waals surface area contributed by atoms with Gasteiger partial charge in [-0.05, 0) is 18.4 Å². The lowest BCUT2D eigenvalue weighted by atomic mass is 10.2.